The number of aromatic nitrogens is 2. The van der Waals surface area contributed by atoms with Crippen molar-refractivity contribution in [2.75, 3.05) is 19.8 Å². The molecule has 1 aromatic rings. The standard InChI is InChI=1S/C9H15N3O2/c1-2-10-5-8-11-12-9(14-8)7-3-4-13-6-7/h7,10H,2-6H2,1H3. The van der Waals surface area contributed by atoms with Gasteiger partial charge in [-0.25, -0.2) is 0 Å². The SMILES string of the molecule is CCNCc1nnc(C2CCOC2)o1. The van der Waals surface area contributed by atoms with E-state index in [9.17, 15) is 0 Å². The summed E-state index contributed by atoms with van der Waals surface area (Å²) in [6.07, 6.45) is 0.989. The maximum absolute atomic E-state index is 5.50. The van der Waals surface area contributed by atoms with Crippen LogP contribution in [-0.4, -0.2) is 30.0 Å². The first kappa shape index (κ1) is 9.61. The van der Waals surface area contributed by atoms with Crippen LogP contribution in [0, 0.1) is 0 Å². The largest absolute Gasteiger partial charge is 0.423 e. The number of nitrogens with one attached hydrogen (secondary N) is 1. The molecule has 2 heterocycles. The molecule has 0 aromatic carbocycles. The predicted octanol–water partition coefficient (Wildman–Crippen LogP) is 0.683. The molecule has 1 saturated heterocycles. The van der Waals surface area contributed by atoms with Crippen LogP contribution in [0.15, 0.2) is 4.42 Å². The summed E-state index contributed by atoms with van der Waals surface area (Å²) in [4.78, 5) is 0. The van der Waals surface area contributed by atoms with Crippen LogP contribution in [0.25, 0.3) is 0 Å². The average molecular weight is 197 g/mol. The highest BCUT2D eigenvalue weighted by atomic mass is 16.5. The minimum Gasteiger partial charge on any atom is -0.423 e. The van der Waals surface area contributed by atoms with Crippen molar-refractivity contribution in [3.63, 3.8) is 0 Å². The summed E-state index contributed by atoms with van der Waals surface area (Å²) < 4.78 is 10.8. The highest BCUT2D eigenvalue weighted by Crippen LogP contribution is 2.23. The number of nitrogens with zero attached hydrogens (tertiary/aromatic N) is 2. The van der Waals surface area contributed by atoms with Crippen molar-refractivity contribution in [3.05, 3.63) is 11.8 Å². The normalized spacial score (nSPS) is 21.6. The summed E-state index contributed by atoms with van der Waals surface area (Å²) in [6, 6.07) is 0. The van der Waals surface area contributed by atoms with Gasteiger partial charge in [-0.3, -0.25) is 0 Å². The lowest BCUT2D eigenvalue weighted by atomic mass is 10.1. The van der Waals surface area contributed by atoms with E-state index in [-0.39, 0.29) is 0 Å². The van der Waals surface area contributed by atoms with Crippen LogP contribution in [0.4, 0.5) is 0 Å². The van der Waals surface area contributed by atoms with Crippen LogP contribution in [0.2, 0.25) is 0 Å². The second kappa shape index (κ2) is 4.52. The van der Waals surface area contributed by atoms with Crippen molar-refractivity contribution in [2.45, 2.75) is 25.8 Å². The summed E-state index contributed by atoms with van der Waals surface area (Å²) in [7, 11) is 0. The fourth-order valence-corrected chi connectivity index (χ4v) is 1.46. The molecule has 0 amide bonds. The maximum atomic E-state index is 5.50. The highest BCUT2D eigenvalue weighted by Gasteiger charge is 2.23. The summed E-state index contributed by atoms with van der Waals surface area (Å²) in [5.41, 5.74) is 0. The molecule has 1 N–H and O–H groups in total. The molecule has 0 bridgehead atoms. The first-order valence-electron chi connectivity index (χ1n) is 5.01. The van der Waals surface area contributed by atoms with E-state index in [0.29, 0.717) is 25.0 Å². The number of ether oxygens (including phenoxy) is 1. The van der Waals surface area contributed by atoms with Crippen LogP contribution in [0.3, 0.4) is 0 Å². The van der Waals surface area contributed by atoms with Gasteiger partial charge in [-0.15, -0.1) is 10.2 Å². The Hall–Kier alpha value is -0.940. The van der Waals surface area contributed by atoms with Crippen molar-refractivity contribution in [2.24, 2.45) is 0 Å². The lowest BCUT2D eigenvalue weighted by Crippen LogP contribution is -2.11. The van der Waals surface area contributed by atoms with Crippen LogP contribution in [0.1, 0.15) is 31.0 Å². The Kier molecular flexibility index (Phi) is 3.10. The molecule has 1 aliphatic heterocycles. The minimum atomic E-state index is 0.304. The molecule has 0 aliphatic carbocycles. The van der Waals surface area contributed by atoms with Crippen molar-refractivity contribution < 1.29 is 9.15 Å². The van der Waals surface area contributed by atoms with E-state index in [1.807, 2.05) is 6.92 Å². The Bertz CT molecular complexity index is 281. The van der Waals surface area contributed by atoms with Gasteiger partial charge in [0.25, 0.3) is 0 Å². The second-order valence-corrected chi connectivity index (χ2v) is 3.37. The summed E-state index contributed by atoms with van der Waals surface area (Å²) in [6.45, 7) is 5.11. The molecule has 2 rings (SSSR count). The molecule has 1 atom stereocenters. The molecule has 1 aromatic heterocycles. The van der Waals surface area contributed by atoms with Crippen LogP contribution in [0.5, 0.6) is 0 Å². The van der Waals surface area contributed by atoms with Gasteiger partial charge >= 0.3 is 0 Å². The van der Waals surface area contributed by atoms with Gasteiger partial charge in [0.2, 0.25) is 11.8 Å². The van der Waals surface area contributed by atoms with Crippen molar-refractivity contribution in [1.29, 1.82) is 0 Å². The third kappa shape index (κ3) is 2.10. The van der Waals surface area contributed by atoms with Crippen molar-refractivity contribution in [1.82, 2.24) is 15.5 Å². The van der Waals surface area contributed by atoms with E-state index in [0.717, 1.165) is 25.5 Å². The van der Waals surface area contributed by atoms with Crippen LogP contribution >= 0.6 is 0 Å². The quantitative estimate of drug-likeness (QED) is 0.769. The zero-order valence-electron chi connectivity index (χ0n) is 8.32. The molecule has 14 heavy (non-hydrogen) atoms. The lowest BCUT2D eigenvalue weighted by molar-refractivity contribution is 0.190. The van der Waals surface area contributed by atoms with Gasteiger partial charge in [0, 0.05) is 6.61 Å². The summed E-state index contributed by atoms with van der Waals surface area (Å²) >= 11 is 0. The van der Waals surface area contributed by atoms with Gasteiger partial charge in [-0.05, 0) is 13.0 Å². The molecule has 0 saturated carbocycles. The first-order valence-corrected chi connectivity index (χ1v) is 5.01. The Labute approximate surface area is 82.8 Å². The van der Waals surface area contributed by atoms with E-state index in [1.54, 1.807) is 0 Å². The van der Waals surface area contributed by atoms with E-state index >= 15 is 0 Å². The highest BCUT2D eigenvalue weighted by molar-refractivity contribution is 4.93. The molecule has 1 fully saturated rings. The maximum Gasteiger partial charge on any atom is 0.230 e. The lowest BCUT2D eigenvalue weighted by Gasteiger charge is -1.99. The van der Waals surface area contributed by atoms with E-state index in [2.05, 4.69) is 15.5 Å². The average Bonchev–Trinajstić information content (AvgIpc) is 2.85. The van der Waals surface area contributed by atoms with Gasteiger partial charge in [0.1, 0.15) is 0 Å². The zero-order chi connectivity index (χ0) is 9.80. The molecule has 78 valence electrons. The third-order valence-corrected chi connectivity index (χ3v) is 2.29. The predicted molar refractivity (Wildman–Crippen MR) is 49.9 cm³/mol. The number of hydrogen-bond donors (Lipinski definition) is 1. The fraction of sp³-hybridized carbons (Fsp3) is 0.778. The number of rotatable bonds is 4. The Morgan fingerprint density at radius 2 is 2.43 bits per heavy atom. The van der Waals surface area contributed by atoms with E-state index in [4.69, 9.17) is 9.15 Å². The molecule has 5 heteroatoms. The third-order valence-electron chi connectivity index (χ3n) is 2.29. The molecule has 1 aliphatic rings. The first-order chi connectivity index (χ1) is 6.90. The number of hydrogen-bond acceptors (Lipinski definition) is 5. The Balaban J connectivity index is 1.94. The van der Waals surface area contributed by atoms with E-state index in [1.165, 1.54) is 0 Å². The zero-order valence-corrected chi connectivity index (χ0v) is 8.32. The van der Waals surface area contributed by atoms with Crippen LogP contribution < -0.4 is 5.32 Å². The van der Waals surface area contributed by atoms with Gasteiger partial charge < -0.3 is 14.5 Å². The van der Waals surface area contributed by atoms with E-state index < -0.39 is 0 Å². The summed E-state index contributed by atoms with van der Waals surface area (Å²) in [5, 5.41) is 11.1. The fourth-order valence-electron chi connectivity index (χ4n) is 1.46. The monoisotopic (exact) mass is 197 g/mol. The minimum absolute atomic E-state index is 0.304. The Morgan fingerprint density at radius 3 is 3.14 bits per heavy atom. The van der Waals surface area contributed by atoms with Gasteiger partial charge in [0.05, 0.1) is 19.1 Å². The van der Waals surface area contributed by atoms with Crippen molar-refractivity contribution >= 4 is 0 Å². The van der Waals surface area contributed by atoms with Gasteiger partial charge in [-0.1, -0.05) is 6.92 Å². The van der Waals surface area contributed by atoms with Crippen molar-refractivity contribution in [3.8, 4) is 0 Å². The molecular formula is C9H15N3O2. The topological polar surface area (TPSA) is 60.2 Å². The molecule has 1 unspecified atom stereocenters. The molecule has 0 spiro atoms. The Morgan fingerprint density at radius 1 is 1.50 bits per heavy atom. The van der Waals surface area contributed by atoms with Gasteiger partial charge in [-0.2, -0.15) is 0 Å². The van der Waals surface area contributed by atoms with Crippen LogP contribution in [-0.2, 0) is 11.3 Å². The molecule has 5 nitrogen and oxygen atoms in total. The molecular weight excluding hydrogens is 182 g/mol. The second-order valence-electron chi connectivity index (χ2n) is 3.37. The summed E-state index contributed by atoms with van der Waals surface area (Å²) in [5.74, 6) is 1.68. The van der Waals surface area contributed by atoms with Gasteiger partial charge in [0.15, 0.2) is 0 Å². The molecule has 0 radical (unpaired) electrons. The smallest absolute Gasteiger partial charge is 0.230 e.